The number of pyridine rings is 1. The maximum absolute atomic E-state index is 12.5. The summed E-state index contributed by atoms with van der Waals surface area (Å²) < 4.78 is 10.5. The monoisotopic (exact) mass is 385 g/mol. The van der Waals surface area contributed by atoms with Gasteiger partial charge >= 0.3 is 0 Å². The van der Waals surface area contributed by atoms with Crippen molar-refractivity contribution in [2.24, 2.45) is 0 Å². The fraction of sp³-hybridized carbons (Fsp3) is 0.0435. The third-order valence-corrected chi connectivity index (χ3v) is 4.29. The average Bonchev–Trinajstić information content (AvgIpc) is 3.29. The fourth-order valence-corrected chi connectivity index (χ4v) is 2.85. The highest BCUT2D eigenvalue weighted by Gasteiger charge is 2.08. The zero-order valence-electron chi connectivity index (χ0n) is 15.8. The van der Waals surface area contributed by atoms with E-state index in [-0.39, 0.29) is 5.91 Å². The van der Waals surface area contributed by atoms with Crippen LogP contribution < -0.4 is 15.4 Å². The third-order valence-electron chi connectivity index (χ3n) is 4.29. The van der Waals surface area contributed by atoms with Gasteiger partial charge in [0, 0.05) is 28.7 Å². The number of carbonyl (C=O) groups excluding carboxylic acids is 1. The van der Waals surface area contributed by atoms with Crippen LogP contribution in [0.25, 0.3) is 11.3 Å². The highest BCUT2D eigenvalue weighted by Crippen LogP contribution is 2.23. The molecule has 0 aliphatic heterocycles. The molecular weight excluding hydrogens is 366 g/mol. The molecule has 0 atom stereocenters. The molecule has 2 heterocycles. The number of rotatable bonds is 6. The van der Waals surface area contributed by atoms with Gasteiger partial charge in [-0.05, 0) is 60.7 Å². The van der Waals surface area contributed by atoms with Gasteiger partial charge in [0.2, 0.25) is 0 Å². The molecule has 1 amide bonds. The van der Waals surface area contributed by atoms with Gasteiger partial charge in [-0.1, -0.05) is 12.1 Å². The van der Waals surface area contributed by atoms with Crippen molar-refractivity contribution in [2.45, 2.75) is 0 Å². The second-order valence-electron chi connectivity index (χ2n) is 6.30. The van der Waals surface area contributed by atoms with E-state index in [1.807, 2.05) is 48.5 Å². The van der Waals surface area contributed by atoms with Crippen LogP contribution in [0.3, 0.4) is 0 Å². The standard InChI is InChI=1S/C23H19N3O3/c1-28-20-8-2-5-16(13-20)23(27)26-19-7-3-6-18(14-19)25-22-11-10-17(15-24-22)21-9-4-12-29-21/h2-15H,1H3,(H,24,25)(H,26,27). The first-order valence-electron chi connectivity index (χ1n) is 9.04. The molecule has 6 heteroatoms. The van der Waals surface area contributed by atoms with Crippen molar-refractivity contribution in [3.05, 3.63) is 90.8 Å². The largest absolute Gasteiger partial charge is 0.497 e. The van der Waals surface area contributed by atoms with E-state index in [0.29, 0.717) is 22.8 Å². The summed E-state index contributed by atoms with van der Waals surface area (Å²) in [4.78, 5) is 16.9. The molecule has 2 aromatic carbocycles. The minimum atomic E-state index is -0.207. The van der Waals surface area contributed by atoms with E-state index in [0.717, 1.165) is 17.0 Å². The molecule has 6 nitrogen and oxygen atoms in total. The van der Waals surface area contributed by atoms with Crippen LogP contribution in [0.15, 0.2) is 89.7 Å². The van der Waals surface area contributed by atoms with Gasteiger partial charge in [-0.3, -0.25) is 4.79 Å². The number of benzene rings is 2. The molecule has 0 fully saturated rings. The van der Waals surface area contributed by atoms with Gasteiger partial charge in [0.05, 0.1) is 13.4 Å². The highest BCUT2D eigenvalue weighted by molar-refractivity contribution is 6.04. The van der Waals surface area contributed by atoms with Crippen LogP contribution in [-0.4, -0.2) is 18.0 Å². The molecule has 0 aliphatic rings. The van der Waals surface area contributed by atoms with Crippen molar-refractivity contribution in [2.75, 3.05) is 17.7 Å². The van der Waals surface area contributed by atoms with Gasteiger partial charge in [-0.2, -0.15) is 0 Å². The van der Waals surface area contributed by atoms with E-state index >= 15 is 0 Å². The summed E-state index contributed by atoms with van der Waals surface area (Å²) in [5, 5.41) is 6.13. The summed E-state index contributed by atoms with van der Waals surface area (Å²) >= 11 is 0. The lowest BCUT2D eigenvalue weighted by Crippen LogP contribution is -2.12. The first-order chi connectivity index (χ1) is 14.2. The topological polar surface area (TPSA) is 76.4 Å². The summed E-state index contributed by atoms with van der Waals surface area (Å²) in [5.41, 5.74) is 2.92. The fourth-order valence-electron chi connectivity index (χ4n) is 2.85. The lowest BCUT2D eigenvalue weighted by atomic mass is 10.2. The van der Waals surface area contributed by atoms with Gasteiger partial charge < -0.3 is 19.8 Å². The van der Waals surface area contributed by atoms with E-state index < -0.39 is 0 Å². The molecule has 4 rings (SSSR count). The van der Waals surface area contributed by atoms with Crippen LogP contribution in [0.4, 0.5) is 17.2 Å². The summed E-state index contributed by atoms with van der Waals surface area (Å²) in [7, 11) is 1.57. The van der Waals surface area contributed by atoms with Crippen LogP contribution in [0.1, 0.15) is 10.4 Å². The van der Waals surface area contributed by atoms with Crippen LogP contribution in [0.5, 0.6) is 5.75 Å². The summed E-state index contributed by atoms with van der Waals surface area (Å²) in [6.07, 6.45) is 3.38. The molecule has 0 bridgehead atoms. The molecule has 0 radical (unpaired) electrons. The van der Waals surface area contributed by atoms with E-state index in [1.54, 1.807) is 43.8 Å². The van der Waals surface area contributed by atoms with Gasteiger partial charge in [0.25, 0.3) is 5.91 Å². The lowest BCUT2D eigenvalue weighted by Gasteiger charge is -2.10. The van der Waals surface area contributed by atoms with Gasteiger partial charge in [0.1, 0.15) is 17.3 Å². The zero-order valence-corrected chi connectivity index (χ0v) is 15.8. The Hall–Kier alpha value is -4.06. The number of hydrogen-bond donors (Lipinski definition) is 2. The number of amides is 1. The first kappa shape index (κ1) is 18.3. The van der Waals surface area contributed by atoms with Crippen molar-refractivity contribution in [3.8, 4) is 17.1 Å². The number of nitrogens with zero attached hydrogens (tertiary/aromatic N) is 1. The van der Waals surface area contributed by atoms with Crippen LogP contribution >= 0.6 is 0 Å². The Kier molecular flexibility index (Phi) is 5.25. The highest BCUT2D eigenvalue weighted by atomic mass is 16.5. The molecule has 4 aromatic rings. The number of hydrogen-bond acceptors (Lipinski definition) is 5. The summed E-state index contributed by atoms with van der Waals surface area (Å²) in [5.74, 6) is 1.89. The number of carbonyl (C=O) groups is 1. The minimum absolute atomic E-state index is 0.207. The third kappa shape index (κ3) is 4.44. The molecule has 0 spiro atoms. The maximum Gasteiger partial charge on any atom is 0.255 e. The van der Waals surface area contributed by atoms with Crippen molar-refractivity contribution in [1.82, 2.24) is 4.98 Å². The second-order valence-corrected chi connectivity index (χ2v) is 6.30. The first-order valence-corrected chi connectivity index (χ1v) is 9.04. The Morgan fingerprint density at radius 3 is 2.59 bits per heavy atom. The number of aromatic nitrogens is 1. The minimum Gasteiger partial charge on any atom is -0.497 e. The normalized spacial score (nSPS) is 10.4. The smallest absolute Gasteiger partial charge is 0.255 e. The Morgan fingerprint density at radius 1 is 0.966 bits per heavy atom. The summed E-state index contributed by atoms with van der Waals surface area (Å²) in [6.45, 7) is 0. The molecule has 0 unspecified atom stereocenters. The predicted molar refractivity (Wildman–Crippen MR) is 113 cm³/mol. The molecule has 0 saturated heterocycles. The van der Waals surface area contributed by atoms with Gasteiger partial charge in [0.15, 0.2) is 0 Å². The SMILES string of the molecule is COc1cccc(C(=O)Nc2cccc(Nc3ccc(-c4ccco4)cn3)c2)c1. The molecule has 29 heavy (non-hydrogen) atoms. The Labute approximate surface area is 168 Å². The number of furan rings is 1. The quantitative estimate of drug-likeness (QED) is 0.468. The number of methoxy groups -OCH3 is 1. The summed E-state index contributed by atoms with van der Waals surface area (Å²) in [6, 6.07) is 22.0. The zero-order chi connectivity index (χ0) is 20.1. The number of nitrogens with one attached hydrogen (secondary N) is 2. The van der Waals surface area contributed by atoms with Crippen LogP contribution in [0, 0.1) is 0 Å². The van der Waals surface area contributed by atoms with Crippen molar-refractivity contribution in [1.29, 1.82) is 0 Å². The van der Waals surface area contributed by atoms with E-state index in [2.05, 4.69) is 15.6 Å². The molecule has 0 saturated carbocycles. The van der Waals surface area contributed by atoms with Crippen molar-refractivity contribution >= 4 is 23.1 Å². The molecule has 2 N–H and O–H groups in total. The predicted octanol–water partition coefficient (Wildman–Crippen LogP) is 5.35. The molecule has 144 valence electrons. The molecule has 0 aliphatic carbocycles. The Morgan fingerprint density at radius 2 is 1.83 bits per heavy atom. The molecule has 2 aromatic heterocycles. The van der Waals surface area contributed by atoms with Gasteiger partial charge in [-0.25, -0.2) is 4.98 Å². The van der Waals surface area contributed by atoms with Gasteiger partial charge in [-0.15, -0.1) is 0 Å². The van der Waals surface area contributed by atoms with Crippen LogP contribution in [-0.2, 0) is 0 Å². The van der Waals surface area contributed by atoms with Crippen molar-refractivity contribution < 1.29 is 13.9 Å². The maximum atomic E-state index is 12.5. The van der Waals surface area contributed by atoms with Crippen LogP contribution in [0.2, 0.25) is 0 Å². The van der Waals surface area contributed by atoms with E-state index in [4.69, 9.17) is 9.15 Å². The average molecular weight is 385 g/mol. The van der Waals surface area contributed by atoms with Crippen molar-refractivity contribution in [3.63, 3.8) is 0 Å². The number of anilines is 3. The second kappa shape index (κ2) is 8.31. The van der Waals surface area contributed by atoms with E-state index in [1.165, 1.54) is 0 Å². The van der Waals surface area contributed by atoms with E-state index in [9.17, 15) is 4.79 Å². The lowest BCUT2D eigenvalue weighted by molar-refractivity contribution is 0.102. The number of ether oxygens (including phenoxy) is 1. The Bertz CT molecular complexity index is 1110. The molecular formula is C23H19N3O3. The Balaban J connectivity index is 1.45.